The van der Waals surface area contributed by atoms with E-state index in [-0.39, 0.29) is 17.1 Å². The summed E-state index contributed by atoms with van der Waals surface area (Å²) < 4.78 is 7.26. The maximum atomic E-state index is 12.0. The first-order valence-electron chi connectivity index (χ1n) is 8.52. The third kappa shape index (κ3) is 2.22. The zero-order valence-corrected chi connectivity index (χ0v) is 15.2. The van der Waals surface area contributed by atoms with Crippen LogP contribution in [0.2, 0.25) is 0 Å². The van der Waals surface area contributed by atoms with Crippen LogP contribution in [0.5, 0.6) is 0 Å². The molecule has 0 unspecified atom stereocenters. The molecule has 0 aromatic carbocycles. The summed E-state index contributed by atoms with van der Waals surface area (Å²) in [5.41, 5.74) is 1.77. The average molecular weight is 367 g/mol. The molecule has 10 nitrogen and oxygen atoms in total. The number of nitrogens with zero attached hydrogens (tertiary/aromatic N) is 3. The van der Waals surface area contributed by atoms with E-state index in [1.165, 1.54) is 10.9 Å². The van der Waals surface area contributed by atoms with Crippen molar-refractivity contribution in [2.24, 2.45) is 11.8 Å². The Balaban J connectivity index is 2.26. The van der Waals surface area contributed by atoms with Crippen LogP contribution in [0, 0.1) is 11.8 Å². The average Bonchev–Trinajstić information content (AvgIpc) is 3.07. The van der Waals surface area contributed by atoms with E-state index in [0.29, 0.717) is 0 Å². The Morgan fingerprint density at radius 3 is 2.46 bits per heavy atom. The third-order valence-electron chi connectivity index (χ3n) is 5.43. The van der Waals surface area contributed by atoms with Crippen LogP contribution >= 0.6 is 0 Å². The predicted octanol–water partition coefficient (Wildman–Crippen LogP) is -0.634. The van der Waals surface area contributed by atoms with Crippen molar-refractivity contribution >= 4 is 17.1 Å². The molecule has 0 spiro atoms. The number of aliphatic hydroxyl groups is 3. The Morgan fingerprint density at radius 2 is 1.92 bits per heavy atom. The summed E-state index contributed by atoms with van der Waals surface area (Å²) in [6, 6.07) is 0. The fourth-order valence-corrected chi connectivity index (χ4v) is 3.98. The number of hydrogen-bond acceptors (Lipinski definition) is 8. The number of nitrogen functional groups attached to an aromatic ring is 1. The van der Waals surface area contributed by atoms with Crippen LogP contribution in [0.3, 0.4) is 0 Å². The normalized spacial score (nSPS) is 32.2. The molecule has 3 rings (SSSR count). The molecule has 1 aliphatic rings. The highest BCUT2D eigenvalue weighted by Crippen LogP contribution is 2.53. The molecule has 6 N–H and O–H groups in total. The SMILES string of the molecule is CC(C)[C@@]1(O)[C@@H](CO)O[C@@H](n2cnc3c(=O)[nH]c(N)nc32)[C@@]1(O)C(C)C. The van der Waals surface area contributed by atoms with Gasteiger partial charge in [0.15, 0.2) is 17.4 Å². The zero-order valence-electron chi connectivity index (χ0n) is 15.2. The van der Waals surface area contributed by atoms with E-state index in [0.717, 1.165) is 0 Å². The van der Waals surface area contributed by atoms with E-state index in [2.05, 4.69) is 15.0 Å². The van der Waals surface area contributed by atoms with Crippen molar-refractivity contribution in [1.29, 1.82) is 0 Å². The molecule has 2 aromatic rings. The molecule has 0 saturated carbocycles. The maximum absolute atomic E-state index is 12.0. The van der Waals surface area contributed by atoms with Gasteiger partial charge in [0.05, 0.1) is 12.9 Å². The number of rotatable bonds is 4. The number of fused-ring (bicyclic) bond motifs is 1. The van der Waals surface area contributed by atoms with Gasteiger partial charge in [0.2, 0.25) is 5.95 Å². The van der Waals surface area contributed by atoms with E-state index >= 15 is 0 Å². The van der Waals surface area contributed by atoms with Gasteiger partial charge in [0.25, 0.3) is 5.56 Å². The second-order valence-electron chi connectivity index (χ2n) is 7.39. The number of aliphatic hydroxyl groups excluding tert-OH is 1. The molecule has 0 bridgehead atoms. The van der Waals surface area contributed by atoms with Gasteiger partial charge in [-0.25, -0.2) is 4.98 Å². The summed E-state index contributed by atoms with van der Waals surface area (Å²) in [5, 5.41) is 32.8. The third-order valence-corrected chi connectivity index (χ3v) is 5.43. The van der Waals surface area contributed by atoms with Gasteiger partial charge in [-0.1, -0.05) is 27.7 Å². The van der Waals surface area contributed by atoms with Crippen LogP contribution in [0.15, 0.2) is 11.1 Å². The Hall–Kier alpha value is -2.01. The molecular weight excluding hydrogens is 342 g/mol. The second kappa shape index (κ2) is 6.02. The topological polar surface area (TPSA) is 160 Å². The molecular formula is C16H25N5O5. The minimum atomic E-state index is -1.78. The lowest BCUT2D eigenvalue weighted by molar-refractivity contribution is -0.199. The van der Waals surface area contributed by atoms with Gasteiger partial charge < -0.3 is 25.8 Å². The largest absolute Gasteiger partial charge is 0.394 e. The molecule has 0 radical (unpaired) electrons. The smallest absolute Gasteiger partial charge is 0.280 e. The highest BCUT2D eigenvalue weighted by Gasteiger charge is 2.68. The van der Waals surface area contributed by atoms with Crippen molar-refractivity contribution in [2.45, 2.75) is 51.2 Å². The van der Waals surface area contributed by atoms with Crippen LogP contribution < -0.4 is 11.3 Å². The number of nitrogens with two attached hydrogens (primary N) is 1. The van der Waals surface area contributed by atoms with Crippen LogP contribution in [0.1, 0.15) is 33.9 Å². The standard InChI is InChI=1S/C16H25N5O5/c1-7(2)15(24)9(5-22)26-13(16(15,25)8(3)4)21-6-18-10-11(21)19-14(17)20-12(10)23/h6-9,13,22,24-25H,5H2,1-4H3,(H3,17,19,20,23)/t9-,13-,15-,16+/m1/s1. The molecule has 4 atom stereocenters. The summed E-state index contributed by atoms with van der Waals surface area (Å²) >= 11 is 0. The number of aromatic amines is 1. The number of ether oxygens (including phenoxy) is 1. The van der Waals surface area contributed by atoms with Crippen molar-refractivity contribution in [3.63, 3.8) is 0 Å². The number of aromatic nitrogens is 4. The van der Waals surface area contributed by atoms with Crippen LogP contribution in [0.25, 0.3) is 11.2 Å². The zero-order chi connectivity index (χ0) is 19.4. The summed E-state index contributed by atoms with van der Waals surface area (Å²) in [4.78, 5) is 22.5. The summed E-state index contributed by atoms with van der Waals surface area (Å²) in [7, 11) is 0. The fraction of sp³-hybridized carbons (Fsp3) is 0.688. The van der Waals surface area contributed by atoms with Gasteiger partial charge in [-0.15, -0.1) is 0 Å². The molecule has 26 heavy (non-hydrogen) atoms. The number of anilines is 1. The Bertz CT molecular complexity index is 878. The summed E-state index contributed by atoms with van der Waals surface area (Å²) in [5.74, 6) is -0.977. The first kappa shape index (κ1) is 18.8. The number of H-pyrrole nitrogens is 1. The highest BCUT2D eigenvalue weighted by molar-refractivity contribution is 5.70. The Labute approximate surface area is 149 Å². The monoisotopic (exact) mass is 367 g/mol. The van der Waals surface area contributed by atoms with E-state index in [1.54, 1.807) is 27.7 Å². The predicted molar refractivity (Wildman–Crippen MR) is 93.1 cm³/mol. The molecule has 3 heterocycles. The second-order valence-corrected chi connectivity index (χ2v) is 7.39. The van der Waals surface area contributed by atoms with Gasteiger partial charge in [-0.3, -0.25) is 14.3 Å². The van der Waals surface area contributed by atoms with Crippen molar-refractivity contribution < 1.29 is 20.1 Å². The molecule has 0 aliphatic carbocycles. The lowest BCUT2D eigenvalue weighted by Crippen LogP contribution is -2.64. The van der Waals surface area contributed by atoms with Crippen LogP contribution in [0.4, 0.5) is 5.95 Å². The minimum Gasteiger partial charge on any atom is -0.394 e. The molecule has 1 aliphatic heterocycles. The lowest BCUT2D eigenvalue weighted by Gasteiger charge is -2.46. The van der Waals surface area contributed by atoms with Crippen LogP contribution in [-0.2, 0) is 4.74 Å². The van der Waals surface area contributed by atoms with E-state index in [4.69, 9.17) is 10.5 Å². The quantitative estimate of drug-likeness (QED) is 0.477. The number of nitrogens with one attached hydrogen (secondary N) is 1. The molecule has 1 saturated heterocycles. The highest BCUT2D eigenvalue weighted by atomic mass is 16.6. The number of hydrogen-bond donors (Lipinski definition) is 5. The maximum Gasteiger partial charge on any atom is 0.280 e. The van der Waals surface area contributed by atoms with Gasteiger partial charge in [0.1, 0.15) is 17.3 Å². The first-order chi connectivity index (χ1) is 12.1. The Morgan fingerprint density at radius 1 is 1.31 bits per heavy atom. The van der Waals surface area contributed by atoms with E-state index in [9.17, 15) is 20.1 Å². The van der Waals surface area contributed by atoms with Gasteiger partial charge in [0, 0.05) is 0 Å². The van der Waals surface area contributed by atoms with Crippen molar-refractivity contribution in [3.8, 4) is 0 Å². The van der Waals surface area contributed by atoms with Crippen molar-refractivity contribution in [1.82, 2.24) is 19.5 Å². The molecule has 2 aromatic heterocycles. The molecule has 0 amide bonds. The molecule has 1 fully saturated rings. The van der Waals surface area contributed by atoms with Gasteiger partial charge >= 0.3 is 0 Å². The van der Waals surface area contributed by atoms with Gasteiger partial charge in [-0.2, -0.15) is 4.98 Å². The lowest BCUT2D eigenvalue weighted by atomic mass is 9.67. The summed E-state index contributed by atoms with van der Waals surface area (Å²) in [6.07, 6.45) is -0.840. The van der Waals surface area contributed by atoms with Crippen LogP contribution in [-0.4, -0.2) is 58.8 Å². The van der Waals surface area contributed by atoms with E-state index < -0.39 is 47.5 Å². The molecule has 144 valence electrons. The first-order valence-corrected chi connectivity index (χ1v) is 8.52. The van der Waals surface area contributed by atoms with Crippen molar-refractivity contribution in [2.75, 3.05) is 12.3 Å². The summed E-state index contributed by atoms with van der Waals surface area (Å²) in [6.45, 7) is 6.50. The Kier molecular flexibility index (Phi) is 4.34. The fourth-order valence-electron chi connectivity index (χ4n) is 3.98. The van der Waals surface area contributed by atoms with Crippen molar-refractivity contribution in [3.05, 3.63) is 16.7 Å². The van der Waals surface area contributed by atoms with E-state index in [1.807, 2.05) is 0 Å². The number of imidazole rings is 1. The molecule has 10 heteroatoms. The minimum absolute atomic E-state index is 0.0365. The van der Waals surface area contributed by atoms with Gasteiger partial charge in [-0.05, 0) is 11.8 Å².